The van der Waals surface area contributed by atoms with Gasteiger partial charge in [-0.2, -0.15) is 0 Å². The van der Waals surface area contributed by atoms with Gasteiger partial charge in [-0.25, -0.2) is 14.4 Å². The number of halogens is 2. The number of nitrogens with zero attached hydrogens (tertiary/aromatic N) is 4. The van der Waals surface area contributed by atoms with Crippen molar-refractivity contribution in [3.05, 3.63) is 59.6 Å². The first kappa shape index (κ1) is 25.3. The van der Waals surface area contributed by atoms with Crippen LogP contribution in [0, 0.1) is 5.82 Å². The van der Waals surface area contributed by atoms with Gasteiger partial charge in [0.05, 0.1) is 29.6 Å². The second-order valence-corrected chi connectivity index (χ2v) is 9.75. The summed E-state index contributed by atoms with van der Waals surface area (Å²) < 4.78 is 19.7. The van der Waals surface area contributed by atoms with E-state index in [0.717, 1.165) is 54.3 Å². The highest BCUT2D eigenvalue weighted by Gasteiger charge is 2.19. The third-order valence-electron chi connectivity index (χ3n) is 6.32. The monoisotopic (exact) mass is 524 g/mol. The average Bonchev–Trinajstić information content (AvgIpc) is 3.28. The van der Waals surface area contributed by atoms with Gasteiger partial charge in [0.25, 0.3) is 0 Å². The van der Waals surface area contributed by atoms with Crippen LogP contribution in [0.5, 0.6) is 5.75 Å². The summed E-state index contributed by atoms with van der Waals surface area (Å²) in [4.78, 5) is 16.7. The SMILES string of the molecule is CC(C)Oc1cc(Nc2ncc(Cl)c(-c3c[nH]c4cc(F)ccc34)n2)cc(N2CCN(CCO)CC2)c1. The van der Waals surface area contributed by atoms with Gasteiger partial charge in [-0.05, 0) is 38.1 Å². The van der Waals surface area contributed by atoms with Crippen LogP contribution in [-0.4, -0.2) is 70.4 Å². The smallest absolute Gasteiger partial charge is 0.227 e. The maximum Gasteiger partial charge on any atom is 0.227 e. The number of piperazine rings is 1. The van der Waals surface area contributed by atoms with Gasteiger partial charge >= 0.3 is 0 Å². The highest BCUT2D eigenvalue weighted by Crippen LogP contribution is 2.34. The van der Waals surface area contributed by atoms with Gasteiger partial charge in [0.2, 0.25) is 5.95 Å². The fourth-order valence-corrected chi connectivity index (χ4v) is 4.78. The molecule has 194 valence electrons. The molecule has 1 fully saturated rings. The van der Waals surface area contributed by atoms with Crippen LogP contribution in [0.3, 0.4) is 0 Å². The molecule has 0 saturated carbocycles. The summed E-state index contributed by atoms with van der Waals surface area (Å²) in [6, 6.07) is 10.6. The summed E-state index contributed by atoms with van der Waals surface area (Å²) in [5, 5.41) is 13.8. The number of rotatable bonds is 8. The van der Waals surface area contributed by atoms with Crippen LogP contribution in [0.15, 0.2) is 48.8 Å². The van der Waals surface area contributed by atoms with Crippen molar-refractivity contribution < 1.29 is 14.2 Å². The number of aromatic amines is 1. The van der Waals surface area contributed by atoms with E-state index in [9.17, 15) is 9.50 Å². The molecule has 2 aromatic heterocycles. The number of aliphatic hydroxyl groups is 1. The number of nitrogens with one attached hydrogen (secondary N) is 2. The average molecular weight is 525 g/mol. The van der Waals surface area contributed by atoms with E-state index in [1.807, 2.05) is 26.0 Å². The Labute approximate surface area is 220 Å². The second-order valence-electron chi connectivity index (χ2n) is 9.34. The van der Waals surface area contributed by atoms with Crippen LogP contribution in [0.2, 0.25) is 5.02 Å². The molecule has 0 unspecified atom stereocenters. The Morgan fingerprint density at radius 2 is 1.97 bits per heavy atom. The van der Waals surface area contributed by atoms with Gasteiger partial charge in [-0.3, -0.25) is 4.90 Å². The lowest BCUT2D eigenvalue weighted by molar-refractivity contribution is 0.188. The highest BCUT2D eigenvalue weighted by atomic mass is 35.5. The summed E-state index contributed by atoms with van der Waals surface area (Å²) in [5.74, 6) is 0.822. The molecule has 10 heteroatoms. The third-order valence-corrected chi connectivity index (χ3v) is 6.59. The maximum absolute atomic E-state index is 13.7. The van der Waals surface area contributed by atoms with E-state index in [0.29, 0.717) is 28.7 Å². The number of H-pyrrole nitrogens is 1. The van der Waals surface area contributed by atoms with Crippen molar-refractivity contribution in [2.45, 2.75) is 20.0 Å². The zero-order valence-corrected chi connectivity index (χ0v) is 21.6. The van der Waals surface area contributed by atoms with Crippen molar-refractivity contribution in [3.8, 4) is 17.0 Å². The van der Waals surface area contributed by atoms with E-state index in [4.69, 9.17) is 21.3 Å². The van der Waals surface area contributed by atoms with Gasteiger partial charge in [-0.15, -0.1) is 0 Å². The Hall–Kier alpha value is -3.40. The third kappa shape index (κ3) is 5.79. The largest absolute Gasteiger partial charge is 0.491 e. The molecule has 4 aromatic rings. The summed E-state index contributed by atoms with van der Waals surface area (Å²) in [5.41, 5.74) is 3.81. The summed E-state index contributed by atoms with van der Waals surface area (Å²) in [6.45, 7) is 8.33. The molecule has 0 radical (unpaired) electrons. The number of β-amino-alcohol motifs (C(OH)–C–C–N with tert-alkyl or cyclic N) is 1. The molecule has 3 heterocycles. The molecule has 5 rings (SSSR count). The summed E-state index contributed by atoms with van der Waals surface area (Å²) >= 11 is 6.48. The first-order chi connectivity index (χ1) is 17.9. The van der Waals surface area contributed by atoms with Crippen LogP contribution in [0.25, 0.3) is 22.2 Å². The number of aromatic nitrogens is 3. The first-order valence-corrected chi connectivity index (χ1v) is 12.7. The lowest BCUT2D eigenvalue weighted by Crippen LogP contribution is -2.47. The number of hydrogen-bond donors (Lipinski definition) is 3. The molecule has 0 spiro atoms. The molecule has 0 aliphatic carbocycles. The fourth-order valence-electron chi connectivity index (χ4n) is 4.59. The van der Waals surface area contributed by atoms with Crippen molar-refractivity contribution >= 4 is 39.8 Å². The minimum absolute atomic E-state index is 0.0228. The Balaban J connectivity index is 1.44. The van der Waals surface area contributed by atoms with Gasteiger partial charge in [0, 0.05) is 78.9 Å². The number of anilines is 3. The van der Waals surface area contributed by atoms with E-state index < -0.39 is 0 Å². The van der Waals surface area contributed by atoms with Crippen LogP contribution in [-0.2, 0) is 0 Å². The molecule has 37 heavy (non-hydrogen) atoms. The molecular formula is C27H30ClFN6O2. The Kier molecular flexibility index (Phi) is 7.45. The molecule has 0 bridgehead atoms. The van der Waals surface area contributed by atoms with Gasteiger partial charge in [0.15, 0.2) is 0 Å². The molecule has 2 aromatic carbocycles. The minimum atomic E-state index is -0.314. The van der Waals surface area contributed by atoms with Crippen molar-refractivity contribution in [3.63, 3.8) is 0 Å². The van der Waals surface area contributed by atoms with Crippen molar-refractivity contribution in [2.24, 2.45) is 0 Å². The van der Waals surface area contributed by atoms with Crippen LogP contribution in [0.1, 0.15) is 13.8 Å². The van der Waals surface area contributed by atoms with Crippen LogP contribution < -0.4 is 15.0 Å². The first-order valence-electron chi connectivity index (χ1n) is 12.4. The Morgan fingerprint density at radius 1 is 1.16 bits per heavy atom. The Bertz CT molecular complexity index is 1390. The summed E-state index contributed by atoms with van der Waals surface area (Å²) in [7, 11) is 0. The van der Waals surface area contributed by atoms with Crippen molar-refractivity contribution in [1.29, 1.82) is 0 Å². The molecular weight excluding hydrogens is 495 g/mol. The lowest BCUT2D eigenvalue weighted by Gasteiger charge is -2.36. The Morgan fingerprint density at radius 3 is 2.73 bits per heavy atom. The van der Waals surface area contributed by atoms with Crippen molar-refractivity contribution in [2.75, 3.05) is 49.5 Å². The molecule has 1 saturated heterocycles. The molecule has 1 aliphatic heterocycles. The minimum Gasteiger partial charge on any atom is -0.491 e. The van der Waals surface area contributed by atoms with Gasteiger partial charge in [-0.1, -0.05) is 11.6 Å². The molecule has 1 aliphatic rings. The van der Waals surface area contributed by atoms with E-state index in [2.05, 4.69) is 31.2 Å². The van der Waals surface area contributed by atoms with Gasteiger partial charge < -0.3 is 25.0 Å². The molecule has 0 atom stereocenters. The van der Waals surface area contributed by atoms with E-state index in [1.165, 1.54) is 12.1 Å². The number of ether oxygens (including phenoxy) is 1. The van der Waals surface area contributed by atoms with Crippen LogP contribution >= 0.6 is 11.6 Å². The number of fused-ring (bicyclic) bond motifs is 1. The zero-order chi connectivity index (χ0) is 25.9. The molecule has 8 nitrogen and oxygen atoms in total. The lowest BCUT2D eigenvalue weighted by atomic mass is 10.1. The number of aliphatic hydroxyl groups excluding tert-OH is 1. The maximum atomic E-state index is 13.7. The normalized spacial score (nSPS) is 14.5. The summed E-state index contributed by atoms with van der Waals surface area (Å²) in [6.07, 6.45) is 3.35. The quantitative estimate of drug-likeness (QED) is 0.297. The van der Waals surface area contributed by atoms with E-state index in [1.54, 1.807) is 18.5 Å². The molecule has 0 amide bonds. The zero-order valence-electron chi connectivity index (χ0n) is 20.8. The number of benzene rings is 2. The highest BCUT2D eigenvalue weighted by molar-refractivity contribution is 6.33. The number of hydrogen-bond acceptors (Lipinski definition) is 7. The standard InChI is InChI=1S/C27H30ClFN6O2/c1-17(2)37-21-13-19(12-20(14-21)35-7-5-34(6-8-35)9-10-36)32-27-31-16-24(28)26(33-27)23-15-30-25-11-18(29)3-4-22(23)25/h3-4,11-17,30,36H,5-10H2,1-2H3,(H,31,32,33). The van der Waals surface area contributed by atoms with Crippen LogP contribution in [0.4, 0.5) is 21.7 Å². The predicted molar refractivity (Wildman–Crippen MR) is 146 cm³/mol. The second kappa shape index (κ2) is 10.9. The van der Waals surface area contributed by atoms with Crippen molar-refractivity contribution in [1.82, 2.24) is 19.9 Å². The molecule has 3 N–H and O–H groups in total. The van der Waals surface area contributed by atoms with E-state index >= 15 is 0 Å². The fraction of sp³-hybridized carbons (Fsp3) is 0.333. The van der Waals surface area contributed by atoms with Gasteiger partial charge in [0.1, 0.15) is 11.6 Å². The predicted octanol–water partition coefficient (Wildman–Crippen LogP) is 5.06. The topological polar surface area (TPSA) is 89.5 Å². The van der Waals surface area contributed by atoms with E-state index in [-0.39, 0.29) is 18.5 Å².